The molecule has 1 aromatic heterocycles. The van der Waals surface area contributed by atoms with E-state index in [1.165, 1.54) is 0 Å². The summed E-state index contributed by atoms with van der Waals surface area (Å²) in [5.41, 5.74) is 7.40. The number of carboxylic acids is 1. The SMILES string of the molecule is Cc1oc2ccccc2c1[C@H](N)CC(=O)O. The Morgan fingerprint density at radius 1 is 1.50 bits per heavy atom. The Morgan fingerprint density at radius 2 is 2.19 bits per heavy atom. The van der Waals surface area contributed by atoms with Crippen molar-refractivity contribution in [3.05, 3.63) is 35.6 Å². The highest BCUT2D eigenvalue weighted by Gasteiger charge is 2.19. The maximum absolute atomic E-state index is 10.6. The summed E-state index contributed by atoms with van der Waals surface area (Å²) in [4.78, 5) is 10.6. The Balaban J connectivity index is 2.50. The predicted molar refractivity (Wildman–Crippen MR) is 60.1 cm³/mol. The van der Waals surface area contributed by atoms with E-state index >= 15 is 0 Å². The summed E-state index contributed by atoms with van der Waals surface area (Å²) in [7, 11) is 0. The number of para-hydroxylation sites is 1. The van der Waals surface area contributed by atoms with Gasteiger partial charge in [-0.05, 0) is 13.0 Å². The molecule has 0 aliphatic rings. The third kappa shape index (κ3) is 1.79. The molecule has 84 valence electrons. The van der Waals surface area contributed by atoms with Gasteiger partial charge in [0.1, 0.15) is 11.3 Å². The van der Waals surface area contributed by atoms with Crippen LogP contribution in [0, 0.1) is 6.92 Å². The zero-order valence-electron chi connectivity index (χ0n) is 8.93. The van der Waals surface area contributed by atoms with Crippen molar-refractivity contribution in [3.63, 3.8) is 0 Å². The molecule has 0 unspecified atom stereocenters. The average molecular weight is 219 g/mol. The fraction of sp³-hybridized carbons (Fsp3) is 0.250. The molecular formula is C12H13NO3. The fourth-order valence-corrected chi connectivity index (χ4v) is 1.94. The predicted octanol–water partition coefficient (Wildman–Crippen LogP) is 2.22. The van der Waals surface area contributed by atoms with Gasteiger partial charge < -0.3 is 15.3 Å². The van der Waals surface area contributed by atoms with Crippen LogP contribution in [0.5, 0.6) is 0 Å². The van der Waals surface area contributed by atoms with Crippen LogP contribution in [0.15, 0.2) is 28.7 Å². The van der Waals surface area contributed by atoms with Crippen molar-refractivity contribution in [1.82, 2.24) is 0 Å². The monoisotopic (exact) mass is 219 g/mol. The van der Waals surface area contributed by atoms with Crippen LogP contribution < -0.4 is 5.73 Å². The minimum Gasteiger partial charge on any atom is -0.481 e. The topological polar surface area (TPSA) is 76.5 Å². The number of carboxylic acid groups (broad SMARTS) is 1. The third-order valence-electron chi connectivity index (χ3n) is 2.58. The van der Waals surface area contributed by atoms with Crippen molar-refractivity contribution in [2.45, 2.75) is 19.4 Å². The van der Waals surface area contributed by atoms with Gasteiger partial charge in [0.05, 0.1) is 6.42 Å². The second kappa shape index (κ2) is 3.98. The number of nitrogens with two attached hydrogens (primary N) is 1. The molecule has 0 fully saturated rings. The van der Waals surface area contributed by atoms with Crippen LogP contribution in [0.2, 0.25) is 0 Å². The number of carbonyl (C=O) groups is 1. The van der Waals surface area contributed by atoms with Gasteiger partial charge in [0.15, 0.2) is 0 Å². The number of aryl methyl sites for hydroxylation is 1. The minimum atomic E-state index is -0.905. The third-order valence-corrected chi connectivity index (χ3v) is 2.58. The number of furan rings is 1. The summed E-state index contributed by atoms with van der Waals surface area (Å²) >= 11 is 0. The summed E-state index contributed by atoms with van der Waals surface area (Å²) in [5, 5.41) is 9.63. The highest BCUT2D eigenvalue weighted by molar-refractivity contribution is 5.83. The number of hydrogen-bond acceptors (Lipinski definition) is 3. The lowest BCUT2D eigenvalue weighted by atomic mass is 10.0. The molecule has 2 rings (SSSR count). The van der Waals surface area contributed by atoms with E-state index in [1.807, 2.05) is 24.3 Å². The number of fused-ring (bicyclic) bond motifs is 1. The van der Waals surface area contributed by atoms with E-state index in [0.29, 0.717) is 5.76 Å². The molecule has 4 heteroatoms. The first kappa shape index (κ1) is 10.7. The summed E-state index contributed by atoms with van der Waals surface area (Å²) in [6.45, 7) is 1.80. The van der Waals surface area contributed by atoms with Gasteiger partial charge in [0.25, 0.3) is 0 Å². The second-order valence-corrected chi connectivity index (χ2v) is 3.77. The summed E-state index contributed by atoms with van der Waals surface area (Å²) in [6, 6.07) is 6.97. The lowest BCUT2D eigenvalue weighted by molar-refractivity contribution is -0.137. The highest BCUT2D eigenvalue weighted by atomic mass is 16.4. The van der Waals surface area contributed by atoms with Gasteiger partial charge in [-0.3, -0.25) is 4.79 Å². The minimum absolute atomic E-state index is 0.0929. The largest absolute Gasteiger partial charge is 0.481 e. The van der Waals surface area contributed by atoms with Gasteiger partial charge in [-0.15, -0.1) is 0 Å². The van der Waals surface area contributed by atoms with Gasteiger partial charge in [-0.1, -0.05) is 18.2 Å². The molecule has 0 saturated heterocycles. The number of benzene rings is 1. The number of aliphatic carboxylic acids is 1. The van der Waals surface area contributed by atoms with Gasteiger partial charge in [-0.25, -0.2) is 0 Å². The summed E-state index contributed by atoms with van der Waals surface area (Å²) < 4.78 is 5.53. The van der Waals surface area contributed by atoms with Crippen LogP contribution in [-0.2, 0) is 4.79 Å². The first-order valence-corrected chi connectivity index (χ1v) is 5.05. The van der Waals surface area contributed by atoms with E-state index in [1.54, 1.807) is 6.92 Å². The van der Waals surface area contributed by atoms with Crippen molar-refractivity contribution in [2.24, 2.45) is 5.73 Å². The van der Waals surface area contributed by atoms with Crippen LogP contribution >= 0.6 is 0 Å². The Morgan fingerprint density at radius 3 is 2.88 bits per heavy atom. The van der Waals surface area contributed by atoms with Crippen molar-refractivity contribution >= 4 is 16.9 Å². The lowest BCUT2D eigenvalue weighted by Gasteiger charge is -2.07. The standard InChI is InChI=1S/C12H13NO3/c1-7-12(9(13)6-11(14)15)8-4-2-3-5-10(8)16-7/h2-5,9H,6,13H2,1H3,(H,14,15)/t9-/m1/s1. The Labute approximate surface area is 92.7 Å². The molecule has 0 bridgehead atoms. The zero-order valence-corrected chi connectivity index (χ0v) is 8.93. The van der Waals surface area contributed by atoms with Crippen molar-refractivity contribution in [1.29, 1.82) is 0 Å². The van der Waals surface area contributed by atoms with Crippen LogP contribution in [0.3, 0.4) is 0 Å². The molecule has 0 radical (unpaired) electrons. The normalized spacial score (nSPS) is 12.9. The highest BCUT2D eigenvalue weighted by Crippen LogP contribution is 2.30. The quantitative estimate of drug-likeness (QED) is 0.829. The molecule has 0 spiro atoms. The molecule has 0 aliphatic carbocycles. The molecule has 4 nitrogen and oxygen atoms in total. The first-order valence-electron chi connectivity index (χ1n) is 5.05. The molecular weight excluding hydrogens is 206 g/mol. The molecule has 2 aromatic rings. The summed E-state index contributed by atoms with van der Waals surface area (Å²) in [6.07, 6.45) is -0.0929. The fourth-order valence-electron chi connectivity index (χ4n) is 1.94. The van der Waals surface area contributed by atoms with E-state index in [4.69, 9.17) is 15.3 Å². The molecule has 0 saturated carbocycles. The number of hydrogen-bond donors (Lipinski definition) is 2. The lowest BCUT2D eigenvalue weighted by Crippen LogP contribution is -2.15. The molecule has 1 atom stereocenters. The Bertz CT molecular complexity index is 530. The molecule has 3 N–H and O–H groups in total. The van der Waals surface area contributed by atoms with Gasteiger partial charge in [0, 0.05) is 17.0 Å². The first-order chi connectivity index (χ1) is 7.59. The van der Waals surface area contributed by atoms with Crippen LogP contribution in [0.4, 0.5) is 0 Å². The Hall–Kier alpha value is -1.81. The van der Waals surface area contributed by atoms with Crippen molar-refractivity contribution in [2.75, 3.05) is 0 Å². The van der Waals surface area contributed by atoms with Crippen molar-refractivity contribution in [3.8, 4) is 0 Å². The maximum Gasteiger partial charge on any atom is 0.305 e. The zero-order chi connectivity index (χ0) is 11.7. The smallest absolute Gasteiger partial charge is 0.305 e. The molecule has 0 aliphatic heterocycles. The van der Waals surface area contributed by atoms with E-state index in [0.717, 1.165) is 16.5 Å². The van der Waals surface area contributed by atoms with Crippen LogP contribution in [-0.4, -0.2) is 11.1 Å². The van der Waals surface area contributed by atoms with E-state index in [-0.39, 0.29) is 6.42 Å². The van der Waals surface area contributed by atoms with Gasteiger partial charge in [-0.2, -0.15) is 0 Å². The van der Waals surface area contributed by atoms with Gasteiger partial charge in [0.2, 0.25) is 0 Å². The van der Waals surface area contributed by atoms with Gasteiger partial charge >= 0.3 is 5.97 Å². The van der Waals surface area contributed by atoms with Crippen molar-refractivity contribution < 1.29 is 14.3 Å². The Kier molecular flexibility index (Phi) is 2.66. The van der Waals surface area contributed by atoms with E-state index in [2.05, 4.69) is 0 Å². The second-order valence-electron chi connectivity index (χ2n) is 3.77. The van der Waals surface area contributed by atoms with Crippen LogP contribution in [0.25, 0.3) is 11.0 Å². The summed E-state index contributed by atoms with van der Waals surface area (Å²) in [5.74, 6) is -0.216. The molecule has 0 amide bonds. The van der Waals surface area contributed by atoms with E-state index in [9.17, 15) is 4.79 Å². The van der Waals surface area contributed by atoms with Crippen LogP contribution in [0.1, 0.15) is 23.8 Å². The maximum atomic E-state index is 10.6. The average Bonchev–Trinajstić information content (AvgIpc) is 2.52. The van der Waals surface area contributed by atoms with E-state index < -0.39 is 12.0 Å². The molecule has 1 aromatic carbocycles. The molecule has 16 heavy (non-hydrogen) atoms. The molecule has 1 heterocycles. The number of rotatable bonds is 3.